The Kier molecular flexibility index (Phi) is 6.62. The first-order valence-electron chi connectivity index (χ1n) is 9.72. The number of aryl methyl sites for hydroxylation is 2. The molecule has 0 saturated carbocycles. The van der Waals surface area contributed by atoms with E-state index in [1.165, 1.54) is 15.6 Å². The first kappa shape index (κ1) is 22.4. The van der Waals surface area contributed by atoms with E-state index in [2.05, 4.69) is 5.32 Å². The maximum atomic E-state index is 13.3. The quantitative estimate of drug-likeness (QED) is 0.762. The fourth-order valence-corrected chi connectivity index (χ4v) is 6.44. The van der Waals surface area contributed by atoms with E-state index in [1.807, 2.05) is 44.7 Å². The number of anilines is 1. The van der Waals surface area contributed by atoms with Crippen molar-refractivity contribution in [3.63, 3.8) is 0 Å². The van der Waals surface area contributed by atoms with Crippen molar-refractivity contribution in [2.45, 2.75) is 32.6 Å². The van der Waals surface area contributed by atoms with E-state index in [0.717, 1.165) is 22.3 Å². The van der Waals surface area contributed by atoms with Gasteiger partial charge >= 0.3 is 0 Å². The smallest absolute Gasteiger partial charge is 0.243 e. The highest BCUT2D eigenvalue weighted by Crippen LogP contribution is 2.29. The Balaban J connectivity index is 1.66. The molecule has 0 radical (unpaired) electrons. The van der Waals surface area contributed by atoms with Gasteiger partial charge < -0.3 is 5.32 Å². The average molecular weight is 447 g/mol. The summed E-state index contributed by atoms with van der Waals surface area (Å²) in [4.78, 5) is 14.7. The third-order valence-electron chi connectivity index (χ3n) is 5.63. The predicted octanol–water partition coefficient (Wildman–Crippen LogP) is 2.80. The maximum Gasteiger partial charge on any atom is 0.243 e. The molecule has 0 atom stereocenters. The third kappa shape index (κ3) is 4.42. The molecule has 7 nitrogen and oxygen atoms in total. The molecule has 1 saturated heterocycles. The van der Waals surface area contributed by atoms with Gasteiger partial charge in [0.15, 0.2) is 0 Å². The first-order valence-corrected chi connectivity index (χ1v) is 12.0. The fraction of sp³-hybridized carbons (Fsp3) is 0.429. The van der Waals surface area contributed by atoms with Crippen LogP contribution in [0, 0.1) is 39.0 Å². The van der Waals surface area contributed by atoms with Crippen LogP contribution in [0.4, 0.5) is 5.00 Å². The minimum Gasteiger partial charge on any atom is -0.315 e. The Hall–Kier alpha value is -2.25. The maximum absolute atomic E-state index is 13.3. The lowest BCUT2D eigenvalue weighted by Gasteiger charge is -2.34. The van der Waals surface area contributed by atoms with Crippen LogP contribution in [0.25, 0.3) is 0 Å². The molecule has 1 aliphatic rings. The average Bonchev–Trinajstić information content (AvgIpc) is 3.13. The van der Waals surface area contributed by atoms with Gasteiger partial charge in [-0.2, -0.15) is 9.57 Å². The summed E-state index contributed by atoms with van der Waals surface area (Å²) in [5.74, 6) is -0.203. The molecule has 1 N–H and O–H groups in total. The molecule has 160 valence electrons. The van der Waals surface area contributed by atoms with Gasteiger partial charge in [-0.15, -0.1) is 11.3 Å². The summed E-state index contributed by atoms with van der Waals surface area (Å²) in [5.41, 5.74) is 3.98. The number of nitrogens with zero attached hydrogens (tertiary/aromatic N) is 3. The predicted molar refractivity (Wildman–Crippen MR) is 118 cm³/mol. The van der Waals surface area contributed by atoms with Crippen LogP contribution in [-0.4, -0.2) is 56.3 Å². The molecule has 2 aromatic rings. The van der Waals surface area contributed by atoms with Crippen LogP contribution in [-0.2, 0) is 14.8 Å². The summed E-state index contributed by atoms with van der Waals surface area (Å²) in [6, 6.07) is 5.74. The van der Waals surface area contributed by atoms with E-state index >= 15 is 0 Å². The highest BCUT2D eigenvalue weighted by molar-refractivity contribution is 7.89. The van der Waals surface area contributed by atoms with E-state index in [0.29, 0.717) is 41.6 Å². The molecule has 1 aromatic heterocycles. The second-order valence-electron chi connectivity index (χ2n) is 7.59. The Bertz CT molecular complexity index is 1080. The summed E-state index contributed by atoms with van der Waals surface area (Å²) in [5, 5.41) is 14.1. The van der Waals surface area contributed by atoms with Crippen molar-refractivity contribution in [3.8, 4) is 6.07 Å². The fourth-order valence-electron chi connectivity index (χ4n) is 3.69. The second kappa shape index (κ2) is 8.86. The van der Waals surface area contributed by atoms with Gasteiger partial charge in [-0.25, -0.2) is 8.42 Å². The minimum atomic E-state index is -3.60. The lowest BCUT2D eigenvalue weighted by Crippen LogP contribution is -2.50. The number of benzene rings is 1. The molecule has 3 rings (SSSR count). The Labute approximate surface area is 182 Å². The molecule has 2 heterocycles. The van der Waals surface area contributed by atoms with Crippen LogP contribution < -0.4 is 5.32 Å². The number of rotatable bonds is 5. The molecular weight excluding hydrogens is 420 g/mol. The Morgan fingerprint density at radius 3 is 2.30 bits per heavy atom. The van der Waals surface area contributed by atoms with Gasteiger partial charge in [-0.3, -0.25) is 9.69 Å². The monoisotopic (exact) mass is 446 g/mol. The number of thiophene rings is 1. The highest BCUT2D eigenvalue weighted by Gasteiger charge is 2.32. The van der Waals surface area contributed by atoms with Crippen molar-refractivity contribution in [2.75, 3.05) is 38.0 Å². The van der Waals surface area contributed by atoms with E-state index in [-0.39, 0.29) is 12.5 Å². The lowest BCUT2D eigenvalue weighted by molar-refractivity contribution is -0.117. The van der Waals surface area contributed by atoms with Crippen molar-refractivity contribution in [3.05, 3.63) is 45.3 Å². The largest absolute Gasteiger partial charge is 0.315 e. The summed E-state index contributed by atoms with van der Waals surface area (Å²) in [6.45, 7) is 9.37. The summed E-state index contributed by atoms with van der Waals surface area (Å²) in [6.07, 6.45) is 0. The Morgan fingerprint density at radius 1 is 1.13 bits per heavy atom. The number of hydrogen-bond donors (Lipinski definition) is 1. The zero-order valence-electron chi connectivity index (χ0n) is 17.7. The number of piperazine rings is 1. The van der Waals surface area contributed by atoms with Gasteiger partial charge in [0.25, 0.3) is 0 Å². The number of carbonyl (C=O) groups is 1. The van der Waals surface area contributed by atoms with Crippen LogP contribution >= 0.6 is 11.3 Å². The van der Waals surface area contributed by atoms with Crippen molar-refractivity contribution in [2.24, 2.45) is 0 Å². The Morgan fingerprint density at radius 2 is 1.73 bits per heavy atom. The molecule has 1 amide bonds. The van der Waals surface area contributed by atoms with Crippen LogP contribution in [0.5, 0.6) is 0 Å². The molecular formula is C21H26N4O3S2. The minimum absolute atomic E-state index is 0.165. The number of carbonyl (C=O) groups excluding carboxylic acids is 1. The molecule has 1 aromatic carbocycles. The summed E-state index contributed by atoms with van der Waals surface area (Å²) >= 11 is 1.31. The molecule has 1 fully saturated rings. The molecule has 30 heavy (non-hydrogen) atoms. The van der Waals surface area contributed by atoms with Crippen LogP contribution in [0.1, 0.15) is 27.8 Å². The molecule has 0 bridgehead atoms. The molecule has 1 aliphatic heterocycles. The third-order valence-corrected chi connectivity index (χ3v) is 8.64. The molecule has 0 aliphatic carbocycles. The zero-order chi connectivity index (χ0) is 22.1. The van der Waals surface area contributed by atoms with Gasteiger partial charge in [-0.05, 0) is 61.4 Å². The van der Waals surface area contributed by atoms with Gasteiger partial charge in [0, 0.05) is 26.2 Å². The first-order chi connectivity index (χ1) is 14.1. The van der Waals surface area contributed by atoms with Crippen molar-refractivity contribution < 1.29 is 13.2 Å². The van der Waals surface area contributed by atoms with E-state index in [1.54, 1.807) is 11.4 Å². The van der Waals surface area contributed by atoms with Crippen molar-refractivity contribution in [1.82, 2.24) is 9.21 Å². The standard InChI is InChI=1S/C21H26N4O3S2/c1-14-11-15(2)17(4)20(16(14)3)30(27,28)25-8-6-24(7-9-25)13-19(26)23-21-18(12-22)5-10-29-21/h5,10-11H,6-9,13H2,1-4H3,(H,23,26). The highest BCUT2D eigenvalue weighted by atomic mass is 32.2. The van der Waals surface area contributed by atoms with Gasteiger partial charge in [0.1, 0.15) is 11.1 Å². The SMILES string of the molecule is Cc1cc(C)c(C)c(S(=O)(=O)N2CCN(CC(=O)Nc3sccc3C#N)CC2)c1C. The lowest BCUT2D eigenvalue weighted by atomic mass is 10.0. The normalized spacial score (nSPS) is 15.7. The van der Waals surface area contributed by atoms with Gasteiger partial charge in [0.2, 0.25) is 15.9 Å². The molecule has 9 heteroatoms. The van der Waals surface area contributed by atoms with E-state index in [4.69, 9.17) is 5.26 Å². The van der Waals surface area contributed by atoms with E-state index < -0.39 is 10.0 Å². The number of hydrogen-bond acceptors (Lipinski definition) is 6. The number of nitrogens with one attached hydrogen (secondary N) is 1. The van der Waals surface area contributed by atoms with Crippen LogP contribution in [0.2, 0.25) is 0 Å². The van der Waals surface area contributed by atoms with Crippen LogP contribution in [0.15, 0.2) is 22.4 Å². The molecule has 0 unspecified atom stereocenters. The topological polar surface area (TPSA) is 93.5 Å². The second-order valence-corrected chi connectivity index (χ2v) is 10.4. The number of sulfonamides is 1. The number of amides is 1. The van der Waals surface area contributed by atoms with Gasteiger partial charge in [0.05, 0.1) is 17.0 Å². The van der Waals surface area contributed by atoms with E-state index in [9.17, 15) is 13.2 Å². The van der Waals surface area contributed by atoms with Crippen LogP contribution in [0.3, 0.4) is 0 Å². The molecule has 0 spiro atoms. The summed E-state index contributed by atoms with van der Waals surface area (Å²) in [7, 11) is -3.60. The van der Waals surface area contributed by atoms with Gasteiger partial charge in [-0.1, -0.05) is 6.07 Å². The number of nitriles is 1. The zero-order valence-corrected chi connectivity index (χ0v) is 19.3. The summed E-state index contributed by atoms with van der Waals surface area (Å²) < 4.78 is 28.2. The van der Waals surface area contributed by atoms with Crippen molar-refractivity contribution >= 4 is 32.3 Å². The van der Waals surface area contributed by atoms with Crippen molar-refractivity contribution in [1.29, 1.82) is 5.26 Å².